The van der Waals surface area contributed by atoms with E-state index in [1.165, 1.54) is 18.2 Å². The van der Waals surface area contributed by atoms with Gasteiger partial charge in [0.2, 0.25) is 0 Å². The van der Waals surface area contributed by atoms with Crippen molar-refractivity contribution >= 4 is 0 Å². The average molecular weight is 311 g/mol. The van der Waals surface area contributed by atoms with Gasteiger partial charge in [0, 0.05) is 0 Å². The summed E-state index contributed by atoms with van der Waals surface area (Å²) in [4.78, 5) is 0. The summed E-state index contributed by atoms with van der Waals surface area (Å²) in [6.07, 6.45) is 3.90. The minimum atomic E-state index is -1.62. The van der Waals surface area contributed by atoms with Gasteiger partial charge in [-0.05, 0) is 74.1 Å². The minimum Gasteiger partial charge on any atom is -0.205 e. The zero-order valence-electron chi connectivity index (χ0n) is 12.1. The molecule has 1 aliphatic carbocycles. The maximum atomic E-state index is 13.5. The van der Waals surface area contributed by atoms with Crippen LogP contribution in [0.1, 0.15) is 43.2 Å². The largest absolute Gasteiger partial charge is 0.266 e. The topological polar surface area (TPSA) is 23.8 Å². The molecule has 0 N–H and O–H groups in total. The van der Waals surface area contributed by atoms with E-state index in [1.54, 1.807) is 0 Å². The number of allylic oxidation sites excluding steroid dienone is 1. The molecule has 22 heavy (non-hydrogen) atoms. The lowest BCUT2D eigenvalue weighted by molar-refractivity contribution is 0.288. The van der Waals surface area contributed by atoms with Crippen molar-refractivity contribution in [3.05, 3.63) is 47.1 Å². The quantitative estimate of drug-likeness (QED) is 0.687. The molecule has 2 rings (SSSR count). The SMILES string of the molecule is N#Cc1c(F)cc(CCC2CCC(C=C(F)F)CC2)cc1F. The molecule has 0 spiro atoms. The van der Waals surface area contributed by atoms with Crippen molar-refractivity contribution in [2.24, 2.45) is 11.8 Å². The molecule has 1 nitrogen and oxygen atoms in total. The van der Waals surface area contributed by atoms with Crippen molar-refractivity contribution < 1.29 is 17.6 Å². The van der Waals surface area contributed by atoms with Gasteiger partial charge in [-0.1, -0.05) is 0 Å². The lowest BCUT2D eigenvalue weighted by Crippen LogP contribution is -2.14. The number of rotatable bonds is 4. The first kappa shape index (κ1) is 16.5. The number of nitrogens with zero attached hydrogens (tertiary/aromatic N) is 1. The van der Waals surface area contributed by atoms with Gasteiger partial charge in [-0.25, -0.2) is 8.78 Å². The summed E-state index contributed by atoms with van der Waals surface area (Å²) in [7, 11) is 0. The average Bonchev–Trinajstić information content (AvgIpc) is 2.46. The van der Waals surface area contributed by atoms with E-state index in [-0.39, 0.29) is 5.92 Å². The van der Waals surface area contributed by atoms with Crippen LogP contribution in [0.25, 0.3) is 0 Å². The maximum absolute atomic E-state index is 13.5. The second-order valence-electron chi connectivity index (χ2n) is 5.82. The molecule has 0 bridgehead atoms. The van der Waals surface area contributed by atoms with Crippen molar-refractivity contribution in [1.82, 2.24) is 0 Å². The van der Waals surface area contributed by atoms with Crippen LogP contribution in [0.3, 0.4) is 0 Å². The Kier molecular flexibility index (Phi) is 5.59. The van der Waals surface area contributed by atoms with E-state index in [4.69, 9.17) is 5.26 Å². The van der Waals surface area contributed by atoms with E-state index in [9.17, 15) is 17.6 Å². The Balaban J connectivity index is 1.87. The van der Waals surface area contributed by atoms with Crippen molar-refractivity contribution in [2.75, 3.05) is 0 Å². The first-order valence-corrected chi connectivity index (χ1v) is 7.40. The van der Waals surface area contributed by atoms with Crippen molar-refractivity contribution in [1.29, 1.82) is 5.26 Å². The molecule has 1 fully saturated rings. The maximum Gasteiger partial charge on any atom is 0.266 e. The summed E-state index contributed by atoms with van der Waals surface area (Å²) in [5.74, 6) is -1.31. The molecular weight excluding hydrogens is 294 g/mol. The summed E-state index contributed by atoms with van der Waals surface area (Å²) in [5.41, 5.74) is -0.0184. The summed E-state index contributed by atoms with van der Waals surface area (Å²) in [6, 6.07) is 3.91. The molecule has 1 saturated carbocycles. The Hall–Kier alpha value is -1.83. The first-order chi connectivity index (χ1) is 10.5. The Morgan fingerprint density at radius 2 is 1.73 bits per heavy atom. The molecule has 0 radical (unpaired) electrons. The highest BCUT2D eigenvalue weighted by molar-refractivity contribution is 5.35. The van der Waals surface area contributed by atoms with Gasteiger partial charge >= 0.3 is 0 Å². The molecule has 0 amide bonds. The fraction of sp³-hybridized carbons (Fsp3) is 0.471. The molecule has 0 heterocycles. The van der Waals surface area contributed by atoms with Gasteiger partial charge in [-0.3, -0.25) is 0 Å². The molecule has 0 atom stereocenters. The molecule has 1 aliphatic rings. The van der Waals surface area contributed by atoms with Crippen LogP contribution in [0, 0.1) is 34.8 Å². The van der Waals surface area contributed by atoms with Gasteiger partial charge in [-0.2, -0.15) is 14.0 Å². The Bertz CT molecular complexity index is 568. The summed E-state index contributed by atoms with van der Waals surface area (Å²) >= 11 is 0. The predicted molar refractivity (Wildman–Crippen MR) is 75.1 cm³/mol. The number of hydrogen-bond donors (Lipinski definition) is 0. The fourth-order valence-electron chi connectivity index (χ4n) is 3.07. The third kappa shape index (κ3) is 4.33. The van der Waals surface area contributed by atoms with Gasteiger partial charge < -0.3 is 0 Å². The summed E-state index contributed by atoms with van der Waals surface area (Å²) in [6.45, 7) is 0. The highest BCUT2D eigenvalue weighted by Gasteiger charge is 2.21. The third-order valence-corrected chi connectivity index (χ3v) is 4.31. The first-order valence-electron chi connectivity index (χ1n) is 7.40. The van der Waals surface area contributed by atoms with Crippen LogP contribution in [-0.2, 0) is 6.42 Å². The zero-order valence-corrected chi connectivity index (χ0v) is 12.1. The highest BCUT2D eigenvalue weighted by Crippen LogP contribution is 2.33. The lowest BCUT2D eigenvalue weighted by atomic mass is 9.79. The molecule has 0 saturated heterocycles. The third-order valence-electron chi connectivity index (χ3n) is 4.31. The van der Waals surface area contributed by atoms with E-state index < -0.39 is 23.3 Å². The minimum absolute atomic E-state index is 0.0500. The van der Waals surface area contributed by atoms with E-state index in [0.29, 0.717) is 17.9 Å². The van der Waals surface area contributed by atoms with Crippen LogP contribution >= 0.6 is 0 Å². The second-order valence-corrected chi connectivity index (χ2v) is 5.82. The monoisotopic (exact) mass is 311 g/mol. The van der Waals surface area contributed by atoms with Crippen molar-refractivity contribution in [3.8, 4) is 6.07 Å². The van der Waals surface area contributed by atoms with E-state index in [2.05, 4.69) is 0 Å². The Morgan fingerprint density at radius 3 is 2.23 bits per heavy atom. The molecule has 0 aromatic heterocycles. The lowest BCUT2D eigenvalue weighted by Gasteiger charge is -2.26. The van der Waals surface area contributed by atoms with Gasteiger partial charge in [-0.15, -0.1) is 0 Å². The van der Waals surface area contributed by atoms with E-state index >= 15 is 0 Å². The van der Waals surface area contributed by atoms with Crippen LogP contribution in [-0.4, -0.2) is 0 Å². The normalized spacial score (nSPS) is 21.2. The van der Waals surface area contributed by atoms with Crippen molar-refractivity contribution in [2.45, 2.75) is 38.5 Å². The van der Waals surface area contributed by atoms with Crippen molar-refractivity contribution in [3.63, 3.8) is 0 Å². The van der Waals surface area contributed by atoms with Crippen LogP contribution < -0.4 is 0 Å². The highest BCUT2D eigenvalue weighted by atomic mass is 19.3. The molecule has 0 unspecified atom stereocenters. The smallest absolute Gasteiger partial charge is 0.205 e. The predicted octanol–water partition coefficient (Wildman–Crippen LogP) is 5.36. The Morgan fingerprint density at radius 1 is 1.14 bits per heavy atom. The summed E-state index contributed by atoms with van der Waals surface area (Å²) < 4.78 is 51.4. The number of hydrogen-bond acceptors (Lipinski definition) is 1. The van der Waals surface area contributed by atoms with Gasteiger partial charge in [0.05, 0.1) is 0 Å². The Labute approximate surface area is 127 Å². The number of halogens is 4. The zero-order chi connectivity index (χ0) is 16.1. The van der Waals surface area contributed by atoms with Crippen LogP contribution in [0.4, 0.5) is 17.6 Å². The van der Waals surface area contributed by atoms with Gasteiger partial charge in [0.25, 0.3) is 6.08 Å². The molecule has 0 aliphatic heterocycles. The standard InChI is InChI=1S/C17H17F4N/c18-15-7-13(8-16(19)14(15)10-22)6-3-11-1-4-12(5-2-11)9-17(20)21/h7-9,11-12H,1-6H2. The molecule has 118 valence electrons. The molecule has 1 aromatic carbocycles. The van der Waals surface area contributed by atoms with Crippen LogP contribution in [0.5, 0.6) is 0 Å². The molecule has 5 heteroatoms. The van der Waals surface area contributed by atoms with Gasteiger partial charge in [0.15, 0.2) is 0 Å². The fourth-order valence-corrected chi connectivity index (χ4v) is 3.07. The van der Waals surface area contributed by atoms with Crippen LogP contribution in [0.2, 0.25) is 0 Å². The molecule has 1 aromatic rings. The van der Waals surface area contributed by atoms with Gasteiger partial charge in [0.1, 0.15) is 23.3 Å². The van der Waals surface area contributed by atoms with E-state index in [1.807, 2.05) is 0 Å². The second kappa shape index (κ2) is 7.44. The number of benzene rings is 1. The summed E-state index contributed by atoms with van der Waals surface area (Å²) in [5, 5.41) is 8.62. The number of aryl methyl sites for hydroxylation is 1. The molecular formula is C17H17F4N. The van der Waals surface area contributed by atoms with E-state index in [0.717, 1.165) is 38.2 Å². The number of nitriles is 1. The van der Waals surface area contributed by atoms with Crippen LogP contribution in [0.15, 0.2) is 24.3 Å².